The van der Waals surface area contributed by atoms with Crippen LogP contribution < -0.4 is 14.8 Å². The van der Waals surface area contributed by atoms with Crippen LogP contribution in [0.1, 0.15) is 24.5 Å². The van der Waals surface area contributed by atoms with Crippen molar-refractivity contribution in [2.45, 2.75) is 24.7 Å². The van der Waals surface area contributed by atoms with Gasteiger partial charge in [-0.3, -0.25) is 4.79 Å². The molecule has 0 aliphatic rings. The summed E-state index contributed by atoms with van der Waals surface area (Å²) in [6, 6.07) is 23.8. The standard InChI is InChI=1S/C24H26N2O4S/c1-2-30-21-12-14-22(15-13-21)31(28,29)25-17-16-24(27)26-23-11-7-6-10-20(23)18-19-8-4-3-5-9-19/h3-15,25H,2,16-18H2,1H3,(H,26,27). The highest BCUT2D eigenvalue weighted by molar-refractivity contribution is 7.89. The van der Waals surface area contributed by atoms with Crippen molar-refractivity contribution >= 4 is 21.6 Å². The van der Waals surface area contributed by atoms with Crippen molar-refractivity contribution < 1.29 is 17.9 Å². The zero-order valence-corrected chi connectivity index (χ0v) is 18.2. The summed E-state index contributed by atoms with van der Waals surface area (Å²) in [6.07, 6.45) is 0.720. The molecule has 0 aromatic heterocycles. The number of anilines is 1. The largest absolute Gasteiger partial charge is 0.494 e. The van der Waals surface area contributed by atoms with E-state index in [1.807, 2.05) is 61.5 Å². The van der Waals surface area contributed by atoms with Crippen LogP contribution in [0.2, 0.25) is 0 Å². The Bertz CT molecular complexity index is 1100. The summed E-state index contributed by atoms with van der Waals surface area (Å²) in [5.74, 6) is 0.352. The van der Waals surface area contributed by atoms with E-state index < -0.39 is 10.0 Å². The maximum Gasteiger partial charge on any atom is 0.240 e. The van der Waals surface area contributed by atoms with Crippen molar-refractivity contribution in [1.82, 2.24) is 4.72 Å². The van der Waals surface area contributed by atoms with Gasteiger partial charge in [-0.05, 0) is 54.8 Å². The molecular formula is C24H26N2O4S. The molecule has 0 bridgehead atoms. The van der Waals surface area contributed by atoms with E-state index in [1.165, 1.54) is 12.1 Å². The first kappa shape index (κ1) is 22.5. The molecule has 0 spiro atoms. The topological polar surface area (TPSA) is 84.5 Å². The van der Waals surface area contributed by atoms with Gasteiger partial charge in [-0.25, -0.2) is 13.1 Å². The number of para-hydroxylation sites is 1. The minimum atomic E-state index is -3.69. The van der Waals surface area contributed by atoms with Crippen LogP contribution in [0.3, 0.4) is 0 Å². The highest BCUT2D eigenvalue weighted by Gasteiger charge is 2.15. The van der Waals surface area contributed by atoms with Crippen LogP contribution in [0.4, 0.5) is 5.69 Å². The first-order valence-corrected chi connectivity index (χ1v) is 11.6. The van der Waals surface area contributed by atoms with Crippen LogP contribution in [0.5, 0.6) is 5.75 Å². The summed E-state index contributed by atoms with van der Waals surface area (Å²) in [4.78, 5) is 12.5. The number of benzene rings is 3. The number of hydrogen-bond acceptors (Lipinski definition) is 4. The molecule has 3 aromatic rings. The molecule has 0 heterocycles. The molecule has 0 saturated heterocycles. The number of sulfonamides is 1. The average Bonchev–Trinajstić information content (AvgIpc) is 2.76. The summed E-state index contributed by atoms with van der Waals surface area (Å²) in [5.41, 5.74) is 2.87. The lowest BCUT2D eigenvalue weighted by Gasteiger charge is -2.12. The van der Waals surface area contributed by atoms with E-state index in [9.17, 15) is 13.2 Å². The first-order chi connectivity index (χ1) is 15.0. The fraction of sp³-hybridized carbons (Fsp3) is 0.208. The van der Waals surface area contributed by atoms with Gasteiger partial charge in [0.05, 0.1) is 11.5 Å². The zero-order chi connectivity index (χ0) is 22.1. The number of carbonyl (C=O) groups is 1. The van der Waals surface area contributed by atoms with Gasteiger partial charge in [0.25, 0.3) is 0 Å². The molecule has 0 unspecified atom stereocenters. The van der Waals surface area contributed by atoms with E-state index in [-0.39, 0.29) is 23.8 Å². The summed E-state index contributed by atoms with van der Waals surface area (Å²) in [7, 11) is -3.69. The second kappa shape index (κ2) is 10.7. The van der Waals surface area contributed by atoms with Crippen LogP contribution in [-0.4, -0.2) is 27.5 Å². The highest BCUT2D eigenvalue weighted by atomic mass is 32.2. The Morgan fingerprint density at radius 2 is 1.58 bits per heavy atom. The van der Waals surface area contributed by atoms with E-state index in [0.29, 0.717) is 18.8 Å². The maximum atomic E-state index is 12.4. The lowest BCUT2D eigenvalue weighted by atomic mass is 10.0. The molecule has 6 nitrogen and oxygen atoms in total. The van der Waals surface area contributed by atoms with Gasteiger partial charge in [0.2, 0.25) is 15.9 Å². The maximum absolute atomic E-state index is 12.4. The molecule has 31 heavy (non-hydrogen) atoms. The Morgan fingerprint density at radius 3 is 2.29 bits per heavy atom. The van der Waals surface area contributed by atoms with Gasteiger partial charge < -0.3 is 10.1 Å². The Morgan fingerprint density at radius 1 is 0.903 bits per heavy atom. The van der Waals surface area contributed by atoms with Crippen molar-refractivity contribution in [3.05, 3.63) is 90.0 Å². The third-order valence-electron chi connectivity index (χ3n) is 4.62. The molecule has 0 fully saturated rings. The predicted molar refractivity (Wildman–Crippen MR) is 122 cm³/mol. The molecular weight excluding hydrogens is 412 g/mol. The van der Waals surface area contributed by atoms with Gasteiger partial charge in [-0.15, -0.1) is 0 Å². The number of ether oxygens (including phenoxy) is 1. The second-order valence-corrected chi connectivity index (χ2v) is 8.69. The smallest absolute Gasteiger partial charge is 0.240 e. The predicted octanol–water partition coefficient (Wildman–Crippen LogP) is 3.98. The number of nitrogens with one attached hydrogen (secondary N) is 2. The zero-order valence-electron chi connectivity index (χ0n) is 17.4. The monoisotopic (exact) mass is 438 g/mol. The molecule has 3 aromatic carbocycles. The second-order valence-electron chi connectivity index (χ2n) is 6.92. The lowest BCUT2D eigenvalue weighted by molar-refractivity contribution is -0.116. The molecule has 0 radical (unpaired) electrons. The first-order valence-electron chi connectivity index (χ1n) is 10.1. The molecule has 7 heteroatoms. The third kappa shape index (κ3) is 6.67. The Kier molecular flexibility index (Phi) is 7.81. The fourth-order valence-corrected chi connectivity index (χ4v) is 4.12. The summed E-state index contributed by atoms with van der Waals surface area (Å²) in [5, 5.41) is 2.89. The van der Waals surface area contributed by atoms with E-state index >= 15 is 0 Å². The minimum Gasteiger partial charge on any atom is -0.494 e. The van der Waals surface area contributed by atoms with Crippen LogP contribution in [0.15, 0.2) is 83.8 Å². The van der Waals surface area contributed by atoms with Crippen LogP contribution in [-0.2, 0) is 21.2 Å². The van der Waals surface area contributed by atoms with E-state index in [4.69, 9.17) is 4.74 Å². The van der Waals surface area contributed by atoms with E-state index in [0.717, 1.165) is 16.8 Å². The highest BCUT2D eigenvalue weighted by Crippen LogP contribution is 2.19. The van der Waals surface area contributed by atoms with Crippen LogP contribution >= 0.6 is 0 Å². The summed E-state index contributed by atoms with van der Waals surface area (Å²) < 4.78 is 32.6. The molecule has 0 saturated carbocycles. The van der Waals surface area contributed by atoms with Crippen molar-refractivity contribution in [2.24, 2.45) is 0 Å². The van der Waals surface area contributed by atoms with Crippen molar-refractivity contribution in [3.63, 3.8) is 0 Å². The molecule has 0 atom stereocenters. The quantitative estimate of drug-likeness (QED) is 0.501. The van der Waals surface area contributed by atoms with Crippen molar-refractivity contribution in [3.8, 4) is 5.75 Å². The van der Waals surface area contributed by atoms with E-state index in [2.05, 4.69) is 10.0 Å². The molecule has 162 valence electrons. The number of rotatable bonds is 10. The van der Waals surface area contributed by atoms with E-state index in [1.54, 1.807) is 12.1 Å². The Balaban J connectivity index is 1.55. The summed E-state index contributed by atoms with van der Waals surface area (Å²) in [6.45, 7) is 2.37. The molecule has 3 rings (SSSR count). The van der Waals surface area contributed by atoms with Gasteiger partial charge in [0, 0.05) is 18.7 Å². The van der Waals surface area contributed by atoms with Gasteiger partial charge in [0.15, 0.2) is 0 Å². The lowest BCUT2D eigenvalue weighted by Crippen LogP contribution is -2.28. The van der Waals surface area contributed by atoms with Gasteiger partial charge in [-0.2, -0.15) is 0 Å². The number of amides is 1. The molecule has 0 aliphatic carbocycles. The Hall–Kier alpha value is -3.16. The van der Waals surface area contributed by atoms with Crippen LogP contribution in [0, 0.1) is 0 Å². The van der Waals surface area contributed by atoms with Gasteiger partial charge in [0.1, 0.15) is 5.75 Å². The molecule has 2 N–H and O–H groups in total. The molecule has 0 aliphatic heterocycles. The SMILES string of the molecule is CCOc1ccc(S(=O)(=O)NCCC(=O)Nc2ccccc2Cc2ccccc2)cc1. The van der Waals surface area contributed by atoms with Gasteiger partial charge in [-0.1, -0.05) is 48.5 Å². The number of carbonyl (C=O) groups excluding carboxylic acids is 1. The summed E-state index contributed by atoms with van der Waals surface area (Å²) >= 11 is 0. The van der Waals surface area contributed by atoms with Crippen molar-refractivity contribution in [1.29, 1.82) is 0 Å². The normalized spacial score (nSPS) is 11.1. The minimum absolute atomic E-state index is 0.00221. The van der Waals surface area contributed by atoms with Gasteiger partial charge >= 0.3 is 0 Å². The molecule has 1 amide bonds. The third-order valence-corrected chi connectivity index (χ3v) is 6.09. The van der Waals surface area contributed by atoms with Crippen molar-refractivity contribution in [2.75, 3.05) is 18.5 Å². The van der Waals surface area contributed by atoms with Crippen LogP contribution in [0.25, 0.3) is 0 Å². The fourth-order valence-electron chi connectivity index (χ4n) is 3.09. The number of hydrogen-bond donors (Lipinski definition) is 2. The average molecular weight is 439 g/mol. The Labute approximate surface area is 183 Å².